The summed E-state index contributed by atoms with van der Waals surface area (Å²) in [5, 5.41) is 0. The summed E-state index contributed by atoms with van der Waals surface area (Å²) in [5.41, 5.74) is 8.37. The summed E-state index contributed by atoms with van der Waals surface area (Å²) >= 11 is 0. The summed E-state index contributed by atoms with van der Waals surface area (Å²) in [6.07, 6.45) is 2.34. The van der Waals surface area contributed by atoms with Crippen LogP contribution in [0.15, 0.2) is 39.7 Å². The molecule has 2 aromatic heterocycles. The zero-order valence-corrected chi connectivity index (χ0v) is 10.1. The molecule has 0 bridgehead atoms. The van der Waals surface area contributed by atoms with Gasteiger partial charge >= 0.3 is 5.76 Å². The summed E-state index contributed by atoms with van der Waals surface area (Å²) in [4.78, 5) is 22.3. The van der Waals surface area contributed by atoms with E-state index in [0.29, 0.717) is 29.9 Å². The standard InChI is InChI=1S/C13H12N4O2/c14-5-3-12-15-6-4-9(16-12)8-1-2-11-10(7-8)17-13(18)19-11/h1-2,4,6-7H,3,5,14H2,(H,17,18). The van der Waals surface area contributed by atoms with E-state index < -0.39 is 5.76 Å². The van der Waals surface area contributed by atoms with Gasteiger partial charge in [0.15, 0.2) is 5.58 Å². The highest BCUT2D eigenvalue weighted by atomic mass is 16.4. The van der Waals surface area contributed by atoms with Gasteiger partial charge in [0.2, 0.25) is 0 Å². The minimum Gasteiger partial charge on any atom is -0.408 e. The smallest absolute Gasteiger partial charge is 0.408 e. The van der Waals surface area contributed by atoms with Gasteiger partial charge in [-0.3, -0.25) is 4.98 Å². The minimum absolute atomic E-state index is 0.460. The summed E-state index contributed by atoms with van der Waals surface area (Å²) in [7, 11) is 0. The van der Waals surface area contributed by atoms with Crippen molar-refractivity contribution in [2.75, 3.05) is 6.54 Å². The number of H-pyrrole nitrogens is 1. The van der Waals surface area contributed by atoms with Gasteiger partial charge in [0, 0.05) is 18.2 Å². The van der Waals surface area contributed by atoms with Gasteiger partial charge in [-0.2, -0.15) is 0 Å². The van der Waals surface area contributed by atoms with Crippen molar-refractivity contribution in [1.82, 2.24) is 15.0 Å². The molecule has 0 amide bonds. The first-order valence-electron chi connectivity index (χ1n) is 5.91. The molecular formula is C13H12N4O2. The largest absolute Gasteiger partial charge is 0.417 e. The Hall–Kier alpha value is -2.47. The summed E-state index contributed by atoms with van der Waals surface area (Å²) in [5.74, 6) is 0.249. The zero-order valence-electron chi connectivity index (χ0n) is 10.1. The van der Waals surface area contributed by atoms with Crippen LogP contribution in [0, 0.1) is 0 Å². The van der Waals surface area contributed by atoms with E-state index in [9.17, 15) is 4.79 Å². The highest BCUT2D eigenvalue weighted by Crippen LogP contribution is 2.21. The Labute approximate surface area is 108 Å². The quantitative estimate of drug-likeness (QED) is 0.730. The van der Waals surface area contributed by atoms with E-state index in [4.69, 9.17) is 10.2 Å². The number of benzene rings is 1. The normalized spacial score (nSPS) is 11.0. The second-order valence-corrected chi connectivity index (χ2v) is 4.12. The van der Waals surface area contributed by atoms with Crippen molar-refractivity contribution < 1.29 is 4.42 Å². The van der Waals surface area contributed by atoms with Gasteiger partial charge in [-0.1, -0.05) is 0 Å². The topological polar surface area (TPSA) is 97.8 Å². The predicted octanol–water partition coefficient (Wildman–Crippen LogP) is 1.08. The van der Waals surface area contributed by atoms with Crippen LogP contribution in [0.5, 0.6) is 0 Å². The van der Waals surface area contributed by atoms with E-state index in [2.05, 4.69) is 15.0 Å². The van der Waals surface area contributed by atoms with Crippen molar-refractivity contribution in [3.8, 4) is 11.3 Å². The molecule has 0 spiro atoms. The predicted molar refractivity (Wildman–Crippen MR) is 70.6 cm³/mol. The lowest BCUT2D eigenvalue weighted by Crippen LogP contribution is -2.06. The van der Waals surface area contributed by atoms with Gasteiger partial charge in [-0.25, -0.2) is 14.8 Å². The maximum atomic E-state index is 11.1. The summed E-state index contributed by atoms with van der Waals surface area (Å²) in [6.45, 7) is 0.511. The molecule has 0 saturated heterocycles. The molecular weight excluding hydrogens is 244 g/mol. The van der Waals surface area contributed by atoms with Crippen LogP contribution in [0.4, 0.5) is 0 Å². The third-order valence-corrected chi connectivity index (χ3v) is 2.79. The van der Waals surface area contributed by atoms with E-state index in [1.807, 2.05) is 18.2 Å². The maximum absolute atomic E-state index is 11.1. The average molecular weight is 256 g/mol. The molecule has 2 heterocycles. The van der Waals surface area contributed by atoms with Crippen LogP contribution < -0.4 is 11.5 Å². The number of nitrogens with zero attached hydrogens (tertiary/aromatic N) is 2. The Kier molecular flexibility index (Phi) is 2.85. The zero-order chi connectivity index (χ0) is 13.2. The van der Waals surface area contributed by atoms with Crippen molar-refractivity contribution in [3.05, 3.63) is 46.8 Å². The number of nitrogens with one attached hydrogen (secondary N) is 1. The van der Waals surface area contributed by atoms with E-state index in [-0.39, 0.29) is 0 Å². The Morgan fingerprint density at radius 1 is 1.32 bits per heavy atom. The number of hydrogen-bond donors (Lipinski definition) is 2. The van der Waals surface area contributed by atoms with Gasteiger partial charge in [0.25, 0.3) is 0 Å². The fraction of sp³-hybridized carbons (Fsp3) is 0.154. The van der Waals surface area contributed by atoms with Crippen LogP contribution in [0.1, 0.15) is 5.82 Å². The number of hydrogen-bond acceptors (Lipinski definition) is 5. The van der Waals surface area contributed by atoms with Crippen molar-refractivity contribution >= 4 is 11.1 Å². The average Bonchev–Trinajstić information content (AvgIpc) is 2.78. The Bertz CT molecular complexity index is 775. The molecule has 6 heteroatoms. The van der Waals surface area contributed by atoms with Crippen LogP contribution in [-0.4, -0.2) is 21.5 Å². The number of fused-ring (bicyclic) bond motifs is 1. The molecule has 0 atom stereocenters. The number of rotatable bonds is 3. The first-order valence-corrected chi connectivity index (χ1v) is 5.91. The third kappa shape index (κ3) is 2.25. The van der Waals surface area contributed by atoms with Crippen molar-refractivity contribution in [1.29, 1.82) is 0 Å². The van der Waals surface area contributed by atoms with E-state index in [0.717, 1.165) is 11.3 Å². The number of aromatic nitrogens is 3. The fourth-order valence-electron chi connectivity index (χ4n) is 1.92. The molecule has 19 heavy (non-hydrogen) atoms. The SMILES string of the molecule is NCCc1nccc(-c2ccc3oc(=O)[nH]c3c2)n1. The van der Waals surface area contributed by atoms with Gasteiger partial charge in [0.05, 0.1) is 11.2 Å². The van der Waals surface area contributed by atoms with E-state index >= 15 is 0 Å². The fourth-order valence-corrected chi connectivity index (χ4v) is 1.92. The molecule has 3 rings (SSSR count). The van der Waals surface area contributed by atoms with Crippen molar-refractivity contribution in [3.63, 3.8) is 0 Å². The third-order valence-electron chi connectivity index (χ3n) is 2.79. The van der Waals surface area contributed by atoms with Crippen LogP contribution in [0.2, 0.25) is 0 Å². The first kappa shape index (κ1) is 11.6. The highest BCUT2D eigenvalue weighted by Gasteiger charge is 2.06. The second-order valence-electron chi connectivity index (χ2n) is 4.12. The lowest BCUT2D eigenvalue weighted by atomic mass is 10.1. The molecule has 3 N–H and O–H groups in total. The monoisotopic (exact) mass is 256 g/mol. The summed E-state index contributed by atoms with van der Waals surface area (Å²) < 4.78 is 4.96. The molecule has 1 aromatic carbocycles. The molecule has 3 aromatic rings. The number of nitrogens with two attached hydrogens (primary N) is 1. The van der Waals surface area contributed by atoms with Crippen LogP contribution >= 0.6 is 0 Å². The highest BCUT2D eigenvalue weighted by molar-refractivity contribution is 5.78. The Morgan fingerprint density at radius 3 is 3.05 bits per heavy atom. The molecule has 0 unspecified atom stereocenters. The maximum Gasteiger partial charge on any atom is 0.417 e. The molecule has 0 radical (unpaired) electrons. The van der Waals surface area contributed by atoms with Crippen LogP contribution in [0.25, 0.3) is 22.4 Å². The number of aromatic amines is 1. The van der Waals surface area contributed by atoms with Crippen LogP contribution in [-0.2, 0) is 6.42 Å². The molecule has 0 aliphatic carbocycles. The molecule has 0 saturated carbocycles. The van der Waals surface area contributed by atoms with Crippen LogP contribution in [0.3, 0.4) is 0 Å². The minimum atomic E-state index is -0.460. The molecule has 6 nitrogen and oxygen atoms in total. The molecule has 0 aliphatic rings. The molecule has 96 valence electrons. The van der Waals surface area contributed by atoms with Crippen molar-refractivity contribution in [2.24, 2.45) is 5.73 Å². The number of oxazole rings is 1. The van der Waals surface area contributed by atoms with Gasteiger partial charge in [-0.15, -0.1) is 0 Å². The van der Waals surface area contributed by atoms with Gasteiger partial charge in [0.1, 0.15) is 5.82 Å². The lowest BCUT2D eigenvalue weighted by molar-refractivity contribution is 0.555. The lowest BCUT2D eigenvalue weighted by Gasteiger charge is -2.03. The van der Waals surface area contributed by atoms with Crippen molar-refractivity contribution in [2.45, 2.75) is 6.42 Å². The second kappa shape index (κ2) is 4.66. The van der Waals surface area contributed by atoms with E-state index in [1.165, 1.54) is 0 Å². The molecule has 0 fully saturated rings. The molecule has 0 aliphatic heterocycles. The van der Waals surface area contributed by atoms with Gasteiger partial charge < -0.3 is 10.2 Å². The Balaban J connectivity index is 2.07. The first-order chi connectivity index (χ1) is 9.26. The van der Waals surface area contributed by atoms with Gasteiger partial charge in [-0.05, 0) is 30.8 Å². The van der Waals surface area contributed by atoms with E-state index in [1.54, 1.807) is 12.3 Å². The summed E-state index contributed by atoms with van der Waals surface area (Å²) in [6, 6.07) is 7.25. The Morgan fingerprint density at radius 2 is 2.21 bits per heavy atom.